The van der Waals surface area contributed by atoms with Gasteiger partial charge in [-0.25, -0.2) is 0 Å². The Morgan fingerprint density at radius 3 is 2.78 bits per heavy atom. The average Bonchev–Trinajstić information content (AvgIpc) is 3.36. The van der Waals surface area contributed by atoms with E-state index in [1.165, 1.54) is 0 Å². The number of amides is 1. The van der Waals surface area contributed by atoms with Crippen LogP contribution in [0.25, 0.3) is 0 Å². The van der Waals surface area contributed by atoms with Gasteiger partial charge < -0.3 is 19.2 Å². The van der Waals surface area contributed by atoms with Crippen LogP contribution in [0, 0.1) is 0 Å². The highest BCUT2D eigenvalue weighted by Crippen LogP contribution is 2.32. The molecule has 138 valence electrons. The molecule has 2 aromatic carbocycles. The van der Waals surface area contributed by atoms with Gasteiger partial charge in [-0.3, -0.25) is 4.79 Å². The molecule has 1 N–H and O–H groups in total. The number of hydrogen-bond donors (Lipinski definition) is 1. The lowest BCUT2D eigenvalue weighted by Crippen LogP contribution is -2.26. The van der Waals surface area contributed by atoms with Crippen molar-refractivity contribution in [2.24, 2.45) is 0 Å². The van der Waals surface area contributed by atoms with Crippen molar-refractivity contribution in [3.8, 4) is 11.5 Å². The summed E-state index contributed by atoms with van der Waals surface area (Å²) in [5.41, 5.74) is 1.98. The molecule has 0 fully saturated rings. The molecule has 5 nitrogen and oxygen atoms in total. The maximum absolute atomic E-state index is 12.5. The third-order valence-electron chi connectivity index (χ3n) is 4.23. The summed E-state index contributed by atoms with van der Waals surface area (Å²) in [5.74, 6) is 2.39. The van der Waals surface area contributed by atoms with Crippen molar-refractivity contribution in [3.63, 3.8) is 0 Å². The average molecular weight is 381 g/mol. The molecular weight excluding hydrogens is 362 g/mol. The third kappa shape index (κ3) is 4.28. The normalized spacial score (nSPS) is 12.1. The molecule has 0 spiro atoms. The molecular formula is C21H19NO4S. The van der Waals surface area contributed by atoms with Crippen molar-refractivity contribution in [1.82, 2.24) is 5.32 Å². The molecule has 2 heterocycles. The lowest BCUT2D eigenvalue weighted by atomic mass is 10.1. The minimum Gasteiger partial charge on any atom is -0.459 e. The fourth-order valence-electron chi connectivity index (χ4n) is 2.82. The van der Waals surface area contributed by atoms with Gasteiger partial charge in [0.2, 0.25) is 6.79 Å². The molecule has 0 saturated heterocycles. The van der Waals surface area contributed by atoms with Gasteiger partial charge >= 0.3 is 0 Å². The van der Waals surface area contributed by atoms with Crippen LogP contribution in [0.4, 0.5) is 0 Å². The first-order valence-corrected chi connectivity index (χ1v) is 9.69. The number of ether oxygens (including phenoxy) is 2. The largest absolute Gasteiger partial charge is 0.459 e. The Morgan fingerprint density at radius 2 is 1.89 bits per heavy atom. The van der Waals surface area contributed by atoms with Crippen LogP contribution in [0.5, 0.6) is 11.5 Å². The molecule has 27 heavy (non-hydrogen) atoms. The molecule has 0 saturated carbocycles. The van der Waals surface area contributed by atoms with E-state index in [9.17, 15) is 4.79 Å². The standard InChI is InChI=1S/C21H19NO4S/c23-21(22-10-8-15-6-7-18-19(12-15)26-14-25-18)20-16(9-11-24-20)13-27-17-4-2-1-3-5-17/h1-7,9,11-12H,8,10,13-14H2,(H,22,23). The smallest absolute Gasteiger partial charge is 0.287 e. The molecule has 1 aliphatic heterocycles. The van der Waals surface area contributed by atoms with Crippen molar-refractivity contribution < 1.29 is 18.7 Å². The molecule has 1 amide bonds. The van der Waals surface area contributed by atoms with Gasteiger partial charge in [-0.05, 0) is 42.3 Å². The van der Waals surface area contributed by atoms with Crippen molar-refractivity contribution in [1.29, 1.82) is 0 Å². The quantitative estimate of drug-likeness (QED) is 0.619. The number of rotatable bonds is 7. The summed E-state index contributed by atoms with van der Waals surface area (Å²) in [7, 11) is 0. The Labute approximate surface area is 161 Å². The van der Waals surface area contributed by atoms with Gasteiger partial charge in [0.25, 0.3) is 5.91 Å². The number of carbonyl (C=O) groups excluding carboxylic acids is 1. The molecule has 4 rings (SSSR count). The fraction of sp³-hybridized carbons (Fsp3) is 0.190. The molecule has 1 aromatic heterocycles. The van der Waals surface area contributed by atoms with E-state index < -0.39 is 0 Å². The van der Waals surface area contributed by atoms with Gasteiger partial charge in [0.1, 0.15) is 0 Å². The third-order valence-corrected chi connectivity index (χ3v) is 5.29. The van der Waals surface area contributed by atoms with Gasteiger partial charge in [0, 0.05) is 22.8 Å². The zero-order valence-electron chi connectivity index (χ0n) is 14.6. The summed E-state index contributed by atoms with van der Waals surface area (Å²) < 4.78 is 16.1. The zero-order chi connectivity index (χ0) is 18.5. The predicted molar refractivity (Wildman–Crippen MR) is 103 cm³/mol. The Morgan fingerprint density at radius 1 is 1.04 bits per heavy atom. The number of hydrogen-bond acceptors (Lipinski definition) is 5. The molecule has 6 heteroatoms. The summed E-state index contributed by atoms with van der Waals surface area (Å²) in [4.78, 5) is 13.6. The van der Waals surface area contributed by atoms with E-state index in [4.69, 9.17) is 13.9 Å². The second-order valence-corrected chi connectivity index (χ2v) is 7.12. The van der Waals surface area contributed by atoms with E-state index in [2.05, 4.69) is 17.4 Å². The first-order valence-electron chi connectivity index (χ1n) is 8.70. The highest BCUT2D eigenvalue weighted by Gasteiger charge is 2.16. The summed E-state index contributed by atoms with van der Waals surface area (Å²) in [6, 6.07) is 17.8. The van der Waals surface area contributed by atoms with Crippen LogP contribution in [0.2, 0.25) is 0 Å². The summed E-state index contributed by atoms with van der Waals surface area (Å²) >= 11 is 1.68. The van der Waals surface area contributed by atoms with Gasteiger partial charge in [-0.2, -0.15) is 0 Å². The zero-order valence-corrected chi connectivity index (χ0v) is 15.5. The lowest BCUT2D eigenvalue weighted by Gasteiger charge is -2.06. The molecule has 0 aliphatic carbocycles. The van der Waals surface area contributed by atoms with Crippen LogP contribution in [0.1, 0.15) is 21.7 Å². The SMILES string of the molecule is O=C(NCCc1ccc2c(c1)OCO2)c1occc1CSc1ccccc1. The fourth-order valence-corrected chi connectivity index (χ4v) is 3.72. The topological polar surface area (TPSA) is 60.7 Å². The molecule has 0 unspecified atom stereocenters. The number of thioether (sulfide) groups is 1. The summed E-state index contributed by atoms with van der Waals surface area (Å²) in [6.07, 6.45) is 2.27. The second-order valence-electron chi connectivity index (χ2n) is 6.07. The van der Waals surface area contributed by atoms with Crippen LogP contribution < -0.4 is 14.8 Å². The van der Waals surface area contributed by atoms with Crippen LogP contribution in [0.15, 0.2) is 70.2 Å². The van der Waals surface area contributed by atoms with Crippen LogP contribution >= 0.6 is 11.8 Å². The predicted octanol–water partition coefficient (Wildman–Crippen LogP) is 4.27. The molecule has 0 atom stereocenters. The first kappa shape index (κ1) is 17.5. The first-order chi connectivity index (χ1) is 13.3. The second kappa shape index (κ2) is 8.22. The monoisotopic (exact) mass is 381 g/mol. The van der Waals surface area contributed by atoms with Crippen LogP contribution in [0.3, 0.4) is 0 Å². The van der Waals surface area contributed by atoms with E-state index in [0.29, 0.717) is 24.5 Å². The van der Waals surface area contributed by atoms with Crippen molar-refractivity contribution >= 4 is 17.7 Å². The Hall–Kier alpha value is -2.86. The molecule has 3 aromatic rings. The summed E-state index contributed by atoms with van der Waals surface area (Å²) in [5, 5.41) is 2.93. The number of nitrogens with one attached hydrogen (secondary N) is 1. The van der Waals surface area contributed by atoms with E-state index in [-0.39, 0.29) is 12.7 Å². The van der Waals surface area contributed by atoms with Gasteiger partial charge in [0.05, 0.1) is 6.26 Å². The van der Waals surface area contributed by atoms with E-state index >= 15 is 0 Å². The van der Waals surface area contributed by atoms with Crippen molar-refractivity contribution in [2.45, 2.75) is 17.1 Å². The molecule has 0 bridgehead atoms. The van der Waals surface area contributed by atoms with E-state index in [1.807, 2.05) is 42.5 Å². The Bertz CT molecular complexity index is 923. The highest BCUT2D eigenvalue weighted by atomic mass is 32.2. The van der Waals surface area contributed by atoms with E-state index in [1.54, 1.807) is 18.0 Å². The number of furan rings is 1. The maximum atomic E-state index is 12.5. The molecule has 1 aliphatic rings. The summed E-state index contributed by atoms with van der Waals surface area (Å²) in [6.45, 7) is 0.780. The van der Waals surface area contributed by atoms with Gasteiger partial charge in [0.15, 0.2) is 17.3 Å². The van der Waals surface area contributed by atoms with Gasteiger partial charge in [-0.15, -0.1) is 11.8 Å². The Balaban J connectivity index is 1.30. The maximum Gasteiger partial charge on any atom is 0.287 e. The van der Waals surface area contributed by atoms with Gasteiger partial charge in [-0.1, -0.05) is 24.3 Å². The van der Waals surface area contributed by atoms with Crippen molar-refractivity contribution in [2.75, 3.05) is 13.3 Å². The van der Waals surface area contributed by atoms with Crippen molar-refractivity contribution in [3.05, 3.63) is 77.7 Å². The number of benzene rings is 2. The molecule has 0 radical (unpaired) electrons. The van der Waals surface area contributed by atoms with Crippen LogP contribution in [-0.2, 0) is 12.2 Å². The minimum atomic E-state index is -0.190. The van der Waals surface area contributed by atoms with Crippen LogP contribution in [-0.4, -0.2) is 19.2 Å². The number of carbonyl (C=O) groups is 1. The minimum absolute atomic E-state index is 0.190. The Kier molecular flexibility index (Phi) is 5.34. The van der Waals surface area contributed by atoms with E-state index in [0.717, 1.165) is 27.5 Å². The number of fused-ring (bicyclic) bond motifs is 1. The lowest BCUT2D eigenvalue weighted by molar-refractivity contribution is 0.0925. The highest BCUT2D eigenvalue weighted by molar-refractivity contribution is 7.98.